The van der Waals surface area contributed by atoms with Crippen molar-refractivity contribution in [3.8, 4) is 0 Å². The van der Waals surface area contributed by atoms with Crippen molar-refractivity contribution in [2.24, 2.45) is 0 Å². The third kappa shape index (κ3) is 3.61. The lowest BCUT2D eigenvalue weighted by atomic mass is 10.2. The van der Waals surface area contributed by atoms with E-state index in [1.807, 2.05) is 13.0 Å². The highest BCUT2D eigenvalue weighted by Gasteiger charge is 2.28. The van der Waals surface area contributed by atoms with Crippen molar-refractivity contribution in [1.29, 1.82) is 0 Å². The molecule has 0 radical (unpaired) electrons. The summed E-state index contributed by atoms with van der Waals surface area (Å²) in [5.41, 5.74) is 0. The molecule has 1 aromatic rings. The zero-order valence-corrected chi connectivity index (χ0v) is 13.9. The summed E-state index contributed by atoms with van der Waals surface area (Å²) in [5, 5.41) is 3.32. The third-order valence-electron chi connectivity index (χ3n) is 3.58. The summed E-state index contributed by atoms with van der Waals surface area (Å²) in [6, 6.07) is 1.85. The third-order valence-corrected chi connectivity index (χ3v) is 6.79. The molecule has 2 heterocycles. The first-order valence-electron chi connectivity index (χ1n) is 7.36. The fourth-order valence-electron chi connectivity index (χ4n) is 2.50. The molecule has 1 N–H and O–H groups in total. The Morgan fingerprint density at radius 2 is 2.00 bits per heavy atom. The molecule has 0 bridgehead atoms. The Morgan fingerprint density at radius 1 is 1.30 bits per heavy atom. The maximum absolute atomic E-state index is 12.7. The zero-order valence-electron chi connectivity index (χ0n) is 12.3. The molecule has 0 atom stereocenters. The lowest BCUT2D eigenvalue weighted by molar-refractivity contribution is 0.346. The van der Waals surface area contributed by atoms with Gasteiger partial charge in [-0.15, -0.1) is 11.3 Å². The van der Waals surface area contributed by atoms with Gasteiger partial charge in [0.25, 0.3) is 0 Å². The summed E-state index contributed by atoms with van der Waals surface area (Å²) in [4.78, 5) is 2.52. The maximum Gasteiger partial charge on any atom is 0.244 e. The molecular weight excluding hydrogens is 292 g/mol. The highest BCUT2D eigenvalue weighted by atomic mass is 32.2. The van der Waals surface area contributed by atoms with E-state index in [4.69, 9.17) is 0 Å². The quantitative estimate of drug-likeness (QED) is 0.821. The molecule has 20 heavy (non-hydrogen) atoms. The lowest BCUT2D eigenvalue weighted by Crippen LogP contribution is -2.35. The minimum absolute atomic E-state index is 0.512. The van der Waals surface area contributed by atoms with Crippen molar-refractivity contribution in [2.75, 3.05) is 19.6 Å². The molecule has 1 aliphatic heterocycles. The second-order valence-electron chi connectivity index (χ2n) is 5.27. The predicted molar refractivity (Wildman–Crippen MR) is 83.7 cm³/mol. The van der Waals surface area contributed by atoms with Gasteiger partial charge in [-0.1, -0.05) is 13.3 Å². The van der Waals surface area contributed by atoms with Gasteiger partial charge in [-0.05, 0) is 38.8 Å². The van der Waals surface area contributed by atoms with E-state index in [0.717, 1.165) is 48.5 Å². The topological polar surface area (TPSA) is 49.4 Å². The summed E-state index contributed by atoms with van der Waals surface area (Å²) >= 11 is 1.59. The maximum atomic E-state index is 12.7. The van der Waals surface area contributed by atoms with Crippen LogP contribution in [0.15, 0.2) is 11.0 Å². The van der Waals surface area contributed by atoms with E-state index in [1.54, 1.807) is 15.6 Å². The van der Waals surface area contributed by atoms with E-state index in [1.165, 1.54) is 0 Å². The molecule has 1 aromatic heterocycles. The van der Waals surface area contributed by atoms with Crippen LogP contribution in [0, 0.1) is 6.92 Å². The molecule has 0 aromatic carbocycles. The van der Waals surface area contributed by atoms with E-state index in [2.05, 4.69) is 12.2 Å². The predicted octanol–water partition coefficient (Wildman–Crippen LogP) is 2.73. The highest BCUT2D eigenvalue weighted by Crippen LogP contribution is 2.29. The second kappa shape index (κ2) is 7.02. The van der Waals surface area contributed by atoms with Crippen molar-refractivity contribution in [3.05, 3.63) is 15.8 Å². The molecule has 2 rings (SSSR count). The normalized spacial score (nSPS) is 17.5. The number of piperidine rings is 1. The van der Waals surface area contributed by atoms with Crippen molar-refractivity contribution in [2.45, 2.75) is 51.0 Å². The van der Waals surface area contributed by atoms with Crippen LogP contribution in [0.25, 0.3) is 0 Å². The number of nitrogens with one attached hydrogen (secondary N) is 1. The molecule has 4 nitrogen and oxygen atoms in total. The Bertz CT molecular complexity index is 531. The summed E-state index contributed by atoms with van der Waals surface area (Å²) in [7, 11) is -3.29. The Hall–Kier alpha value is -0.430. The molecule has 114 valence electrons. The lowest BCUT2D eigenvalue weighted by Gasteiger charge is -2.25. The summed E-state index contributed by atoms with van der Waals surface area (Å²) in [6.45, 7) is 7.09. The van der Waals surface area contributed by atoms with Gasteiger partial charge in [-0.2, -0.15) is 4.31 Å². The van der Waals surface area contributed by atoms with Crippen molar-refractivity contribution < 1.29 is 8.42 Å². The van der Waals surface area contributed by atoms with Crippen LogP contribution in [0.3, 0.4) is 0 Å². The molecule has 0 saturated carbocycles. The van der Waals surface area contributed by atoms with Crippen LogP contribution in [0.2, 0.25) is 0 Å². The van der Waals surface area contributed by atoms with Crippen molar-refractivity contribution in [1.82, 2.24) is 9.62 Å². The van der Waals surface area contributed by atoms with Crippen LogP contribution < -0.4 is 5.32 Å². The molecule has 0 amide bonds. The SMILES string of the molecule is CCCNCc1cc(S(=O)(=O)N2CCCCC2)c(C)s1. The van der Waals surface area contributed by atoms with Gasteiger partial charge in [0.2, 0.25) is 10.0 Å². The largest absolute Gasteiger partial charge is 0.312 e. The van der Waals surface area contributed by atoms with E-state index < -0.39 is 10.0 Å². The Morgan fingerprint density at radius 3 is 2.65 bits per heavy atom. The van der Waals surface area contributed by atoms with Crippen LogP contribution in [-0.2, 0) is 16.6 Å². The van der Waals surface area contributed by atoms with Crippen LogP contribution >= 0.6 is 11.3 Å². The first-order chi connectivity index (χ1) is 9.55. The van der Waals surface area contributed by atoms with E-state index in [-0.39, 0.29) is 0 Å². The molecular formula is C14H24N2O2S2. The Kier molecular flexibility index (Phi) is 5.60. The summed E-state index contributed by atoms with van der Waals surface area (Å²) in [5.74, 6) is 0. The summed E-state index contributed by atoms with van der Waals surface area (Å²) < 4.78 is 27.0. The van der Waals surface area contributed by atoms with Gasteiger partial charge >= 0.3 is 0 Å². The van der Waals surface area contributed by atoms with Crippen molar-refractivity contribution >= 4 is 21.4 Å². The number of rotatable bonds is 6. The van der Waals surface area contributed by atoms with Crippen LogP contribution in [-0.4, -0.2) is 32.4 Å². The summed E-state index contributed by atoms with van der Waals surface area (Å²) in [6.07, 6.45) is 4.19. The minimum Gasteiger partial charge on any atom is -0.312 e. The number of nitrogens with zero attached hydrogens (tertiary/aromatic N) is 1. The van der Waals surface area contributed by atoms with Crippen LogP contribution in [0.5, 0.6) is 0 Å². The monoisotopic (exact) mass is 316 g/mol. The van der Waals surface area contributed by atoms with Gasteiger partial charge in [-0.3, -0.25) is 0 Å². The average Bonchev–Trinajstić information content (AvgIpc) is 2.82. The first-order valence-corrected chi connectivity index (χ1v) is 9.61. The highest BCUT2D eigenvalue weighted by molar-refractivity contribution is 7.89. The molecule has 1 saturated heterocycles. The number of hydrogen-bond acceptors (Lipinski definition) is 4. The second-order valence-corrected chi connectivity index (χ2v) is 8.52. The van der Waals surface area contributed by atoms with Gasteiger partial charge in [-0.25, -0.2) is 8.42 Å². The Labute approximate surface area is 126 Å². The number of sulfonamides is 1. The molecule has 1 aliphatic rings. The Balaban J connectivity index is 2.14. The van der Waals surface area contributed by atoms with E-state index >= 15 is 0 Å². The van der Waals surface area contributed by atoms with E-state index in [0.29, 0.717) is 18.0 Å². The molecule has 0 unspecified atom stereocenters. The number of aryl methyl sites for hydroxylation is 1. The van der Waals surface area contributed by atoms with Gasteiger partial charge in [0, 0.05) is 29.4 Å². The average molecular weight is 316 g/mol. The molecule has 0 spiro atoms. The molecule has 1 fully saturated rings. The van der Waals surface area contributed by atoms with Crippen LogP contribution in [0.4, 0.5) is 0 Å². The molecule has 0 aliphatic carbocycles. The number of hydrogen-bond donors (Lipinski definition) is 1. The smallest absolute Gasteiger partial charge is 0.244 e. The fourth-order valence-corrected chi connectivity index (χ4v) is 5.59. The minimum atomic E-state index is -3.29. The number of thiophene rings is 1. The van der Waals surface area contributed by atoms with Gasteiger partial charge in [0.15, 0.2) is 0 Å². The van der Waals surface area contributed by atoms with Gasteiger partial charge in [0.1, 0.15) is 0 Å². The fraction of sp³-hybridized carbons (Fsp3) is 0.714. The van der Waals surface area contributed by atoms with E-state index in [9.17, 15) is 8.42 Å². The molecule has 6 heteroatoms. The van der Waals surface area contributed by atoms with Gasteiger partial charge < -0.3 is 5.32 Å². The van der Waals surface area contributed by atoms with Crippen LogP contribution in [0.1, 0.15) is 42.4 Å². The standard InChI is InChI=1S/C14H24N2O2S2/c1-3-7-15-11-13-10-14(12(2)19-13)20(17,18)16-8-5-4-6-9-16/h10,15H,3-9,11H2,1-2H3. The van der Waals surface area contributed by atoms with Gasteiger partial charge in [0.05, 0.1) is 4.90 Å². The zero-order chi connectivity index (χ0) is 14.6. The van der Waals surface area contributed by atoms with Crippen molar-refractivity contribution in [3.63, 3.8) is 0 Å². The first kappa shape index (κ1) is 15.9.